The second-order valence-corrected chi connectivity index (χ2v) is 6.63. The van der Waals surface area contributed by atoms with E-state index in [4.69, 9.17) is 10.8 Å². The molecule has 0 bridgehead atoms. The summed E-state index contributed by atoms with van der Waals surface area (Å²) in [6.45, 7) is -3.07. The molecule has 0 aliphatic heterocycles. The topological polar surface area (TPSA) is 83.6 Å². The fourth-order valence-corrected chi connectivity index (χ4v) is 3.83. The van der Waals surface area contributed by atoms with E-state index in [9.17, 15) is 21.6 Å². The molecular formula is C10H12BrF3N2O3S. The molecule has 3 N–H and O–H groups in total. The van der Waals surface area contributed by atoms with Crippen LogP contribution in [0.5, 0.6) is 0 Å². The van der Waals surface area contributed by atoms with Crippen molar-refractivity contribution in [1.29, 1.82) is 0 Å². The maximum absolute atomic E-state index is 12.4. The second kappa shape index (κ2) is 6.29. The molecule has 0 saturated heterocycles. The molecule has 0 aromatic heterocycles. The highest BCUT2D eigenvalue weighted by atomic mass is 79.9. The fourth-order valence-electron chi connectivity index (χ4n) is 1.45. The predicted molar refractivity (Wildman–Crippen MR) is 70.5 cm³/mol. The normalized spacial score (nSPS) is 12.9. The van der Waals surface area contributed by atoms with E-state index in [2.05, 4.69) is 15.9 Å². The third kappa shape index (κ3) is 4.33. The molecule has 0 heterocycles. The molecule has 0 amide bonds. The molecule has 0 fully saturated rings. The van der Waals surface area contributed by atoms with Crippen LogP contribution in [0.1, 0.15) is 0 Å². The van der Waals surface area contributed by atoms with Gasteiger partial charge in [-0.1, -0.05) is 0 Å². The van der Waals surface area contributed by atoms with Gasteiger partial charge in [0, 0.05) is 16.7 Å². The van der Waals surface area contributed by atoms with Gasteiger partial charge in [-0.2, -0.15) is 17.5 Å². The number of sulfonamides is 1. The van der Waals surface area contributed by atoms with Crippen LogP contribution in [0.25, 0.3) is 0 Å². The summed E-state index contributed by atoms with van der Waals surface area (Å²) in [5, 5.41) is 8.76. The molecule has 0 aliphatic carbocycles. The molecule has 0 aliphatic rings. The van der Waals surface area contributed by atoms with Gasteiger partial charge in [0.15, 0.2) is 0 Å². The highest BCUT2D eigenvalue weighted by Crippen LogP contribution is 2.29. The predicted octanol–water partition coefficient (Wildman–Crippen LogP) is 1.58. The number of hydrogen-bond acceptors (Lipinski definition) is 4. The summed E-state index contributed by atoms with van der Waals surface area (Å²) in [4.78, 5) is -0.379. The van der Waals surface area contributed by atoms with Crippen molar-refractivity contribution in [3.63, 3.8) is 0 Å². The van der Waals surface area contributed by atoms with Crippen LogP contribution in [0.15, 0.2) is 27.6 Å². The van der Waals surface area contributed by atoms with Gasteiger partial charge in [0.1, 0.15) is 6.54 Å². The molecule has 5 nitrogen and oxygen atoms in total. The number of halogens is 4. The van der Waals surface area contributed by atoms with E-state index in [1.807, 2.05) is 0 Å². The summed E-state index contributed by atoms with van der Waals surface area (Å²) >= 11 is 2.96. The molecule has 0 saturated carbocycles. The minimum atomic E-state index is -4.71. The minimum absolute atomic E-state index is 0.0943. The van der Waals surface area contributed by atoms with Crippen molar-refractivity contribution >= 4 is 31.6 Å². The monoisotopic (exact) mass is 376 g/mol. The largest absolute Gasteiger partial charge is 0.402 e. The van der Waals surface area contributed by atoms with Crippen molar-refractivity contribution in [2.45, 2.75) is 11.1 Å². The molecule has 10 heteroatoms. The van der Waals surface area contributed by atoms with Gasteiger partial charge in [-0.05, 0) is 34.1 Å². The van der Waals surface area contributed by atoms with Crippen LogP contribution in [0, 0.1) is 0 Å². The lowest BCUT2D eigenvalue weighted by molar-refractivity contribution is -0.136. The number of nitrogens with zero attached hydrogens (tertiary/aromatic N) is 1. The fraction of sp³-hybridized carbons (Fsp3) is 0.400. The Morgan fingerprint density at radius 1 is 1.35 bits per heavy atom. The summed E-state index contributed by atoms with van der Waals surface area (Å²) in [6.07, 6.45) is -4.71. The third-order valence-corrected chi connectivity index (χ3v) is 5.12. The summed E-state index contributed by atoms with van der Waals surface area (Å²) in [5.41, 5.74) is 5.55. The van der Waals surface area contributed by atoms with Crippen LogP contribution in [0.4, 0.5) is 18.9 Å². The number of benzene rings is 1. The molecule has 114 valence electrons. The molecule has 1 aromatic rings. The van der Waals surface area contributed by atoms with Crippen molar-refractivity contribution < 1.29 is 26.7 Å². The number of nitrogens with two attached hydrogens (primary N) is 1. The first-order valence-electron chi connectivity index (χ1n) is 5.30. The Bertz CT molecular complexity index is 578. The summed E-state index contributed by atoms with van der Waals surface area (Å²) < 4.78 is 62.0. The van der Waals surface area contributed by atoms with Gasteiger partial charge in [-0.15, -0.1) is 0 Å². The Morgan fingerprint density at radius 2 is 1.95 bits per heavy atom. The third-order valence-electron chi connectivity index (χ3n) is 2.28. The van der Waals surface area contributed by atoms with Crippen molar-refractivity contribution in [3.8, 4) is 0 Å². The van der Waals surface area contributed by atoms with E-state index < -0.39 is 35.9 Å². The van der Waals surface area contributed by atoms with Crippen LogP contribution in [0.3, 0.4) is 0 Å². The second-order valence-electron chi connectivity index (χ2n) is 3.87. The Labute approximate surface area is 122 Å². The number of hydrogen-bond donors (Lipinski definition) is 2. The van der Waals surface area contributed by atoms with E-state index in [1.165, 1.54) is 12.1 Å². The Hall–Kier alpha value is -0.840. The Morgan fingerprint density at radius 3 is 2.45 bits per heavy atom. The number of rotatable bonds is 5. The van der Waals surface area contributed by atoms with Gasteiger partial charge in [-0.3, -0.25) is 0 Å². The molecule has 1 rings (SSSR count). The van der Waals surface area contributed by atoms with E-state index in [1.54, 1.807) is 0 Å². The molecule has 0 radical (unpaired) electrons. The zero-order chi connectivity index (χ0) is 15.6. The number of aliphatic hydroxyl groups is 1. The average Bonchev–Trinajstić information content (AvgIpc) is 2.30. The number of anilines is 1. The zero-order valence-electron chi connectivity index (χ0n) is 10.1. The van der Waals surface area contributed by atoms with Gasteiger partial charge >= 0.3 is 6.18 Å². The van der Waals surface area contributed by atoms with Gasteiger partial charge in [0.2, 0.25) is 10.0 Å². The number of aliphatic hydroxyl groups excluding tert-OH is 1. The molecule has 0 spiro atoms. The summed E-state index contributed by atoms with van der Waals surface area (Å²) in [6, 6.07) is 3.79. The maximum atomic E-state index is 12.4. The molecular weight excluding hydrogens is 365 g/mol. The lowest BCUT2D eigenvalue weighted by atomic mass is 10.3. The number of nitrogen functional groups attached to an aromatic ring is 1. The minimum Gasteiger partial charge on any atom is -0.399 e. The lowest BCUT2D eigenvalue weighted by Gasteiger charge is -2.23. The Kier molecular flexibility index (Phi) is 5.41. The van der Waals surface area contributed by atoms with Crippen LogP contribution in [-0.2, 0) is 10.0 Å². The van der Waals surface area contributed by atoms with Crippen molar-refractivity contribution in [3.05, 3.63) is 22.7 Å². The Balaban J connectivity index is 3.26. The lowest BCUT2D eigenvalue weighted by Crippen LogP contribution is -2.40. The highest BCUT2D eigenvalue weighted by molar-refractivity contribution is 9.10. The van der Waals surface area contributed by atoms with Crippen molar-refractivity contribution in [1.82, 2.24) is 4.31 Å². The summed E-state index contributed by atoms with van der Waals surface area (Å²) in [5.74, 6) is 0. The van der Waals surface area contributed by atoms with Crippen LogP contribution in [0.2, 0.25) is 0 Å². The first kappa shape index (κ1) is 17.2. The molecule has 1 aromatic carbocycles. The van der Waals surface area contributed by atoms with E-state index >= 15 is 0 Å². The van der Waals surface area contributed by atoms with Crippen LogP contribution >= 0.6 is 15.9 Å². The highest BCUT2D eigenvalue weighted by Gasteiger charge is 2.37. The van der Waals surface area contributed by atoms with Crippen LogP contribution < -0.4 is 5.73 Å². The van der Waals surface area contributed by atoms with E-state index in [0.717, 1.165) is 6.07 Å². The van der Waals surface area contributed by atoms with Gasteiger partial charge < -0.3 is 10.8 Å². The van der Waals surface area contributed by atoms with Crippen LogP contribution in [-0.4, -0.2) is 43.7 Å². The number of alkyl halides is 3. The zero-order valence-corrected chi connectivity index (χ0v) is 12.5. The SMILES string of the molecule is Nc1ccc(Br)c(S(=O)(=O)N(CCO)CC(F)(F)F)c1. The van der Waals surface area contributed by atoms with Gasteiger partial charge in [-0.25, -0.2) is 8.42 Å². The molecule has 0 unspecified atom stereocenters. The molecule has 20 heavy (non-hydrogen) atoms. The standard InChI is InChI=1S/C10H12BrF3N2O3S/c11-8-2-1-7(15)5-9(8)20(18,19)16(3-4-17)6-10(12,13)14/h1-2,5,17H,3-4,6,15H2. The maximum Gasteiger partial charge on any atom is 0.402 e. The average molecular weight is 377 g/mol. The van der Waals surface area contributed by atoms with Gasteiger partial charge in [0.25, 0.3) is 0 Å². The van der Waals surface area contributed by atoms with Crippen molar-refractivity contribution in [2.24, 2.45) is 0 Å². The first-order chi connectivity index (χ1) is 9.08. The van der Waals surface area contributed by atoms with Gasteiger partial charge in [0.05, 0.1) is 11.5 Å². The summed E-state index contributed by atoms with van der Waals surface area (Å²) in [7, 11) is -4.42. The molecule has 0 atom stereocenters. The first-order valence-corrected chi connectivity index (χ1v) is 7.54. The smallest absolute Gasteiger partial charge is 0.399 e. The van der Waals surface area contributed by atoms with E-state index in [-0.39, 0.29) is 19.4 Å². The van der Waals surface area contributed by atoms with E-state index in [0.29, 0.717) is 0 Å². The van der Waals surface area contributed by atoms with Crippen molar-refractivity contribution in [2.75, 3.05) is 25.4 Å². The quantitative estimate of drug-likeness (QED) is 0.764.